The second-order valence-corrected chi connectivity index (χ2v) is 5.20. The third-order valence-corrected chi connectivity index (χ3v) is 4.14. The number of halogens is 1. The van der Waals surface area contributed by atoms with E-state index in [4.69, 9.17) is 15.0 Å². The van der Waals surface area contributed by atoms with Crippen LogP contribution in [0.2, 0.25) is 0 Å². The predicted octanol–water partition coefficient (Wildman–Crippen LogP) is 2.84. The second kappa shape index (κ2) is 6.11. The van der Waals surface area contributed by atoms with Gasteiger partial charge in [0.1, 0.15) is 12.4 Å². The first-order valence-corrected chi connectivity index (χ1v) is 6.79. The number of nitrogens with one attached hydrogen (secondary N) is 1. The van der Waals surface area contributed by atoms with Crippen LogP contribution in [0.25, 0.3) is 0 Å². The van der Waals surface area contributed by atoms with Gasteiger partial charge in [0.2, 0.25) is 0 Å². The smallest absolute Gasteiger partial charge is 0.301 e. The van der Waals surface area contributed by atoms with Crippen molar-refractivity contribution in [2.45, 2.75) is 20.5 Å². The van der Waals surface area contributed by atoms with Gasteiger partial charge in [0, 0.05) is 10.0 Å². The molecule has 0 spiro atoms. The van der Waals surface area contributed by atoms with E-state index in [0.717, 1.165) is 21.3 Å². The second-order valence-electron chi connectivity index (χ2n) is 4.41. The first kappa shape index (κ1) is 14.6. The minimum Gasteiger partial charge on any atom is -0.489 e. The molecule has 0 aliphatic rings. The van der Waals surface area contributed by atoms with E-state index in [0.29, 0.717) is 5.56 Å². The lowest BCUT2D eigenvalue weighted by Gasteiger charge is -2.10. The molecule has 0 unspecified atom stereocenters. The third-order valence-electron chi connectivity index (χ3n) is 2.89. The first-order valence-electron chi connectivity index (χ1n) is 5.99. The van der Waals surface area contributed by atoms with Crippen molar-refractivity contribution in [1.29, 1.82) is 0 Å². The van der Waals surface area contributed by atoms with Gasteiger partial charge in [0.25, 0.3) is 0 Å². The standard InChI is InChI=1S/C14H15BrN2O3/c1-8-5-11(6-9(2)12(8)15)20-7-10-3-4-19-13(10)14(18)17-16/h3-6H,7,16H2,1-2H3,(H,17,18). The molecule has 0 bridgehead atoms. The molecule has 0 atom stereocenters. The van der Waals surface area contributed by atoms with Crippen molar-refractivity contribution < 1.29 is 13.9 Å². The summed E-state index contributed by atoms with van der Waals surface area (Å²) in [5, 5.41) is 0. The summed E-state index contributed by atoms with van der Waals surface area (Å²) in [7, 11) is 0. The SMILES string of the molecule is Cc1cc(OCc2ccoc2C(=O)NN)cc(C)c1Br. The minimum atomic E-state index is -0.475. The van der Waals surface area contributed by atoms with E-state index < -0.39 is 5.91 Å². The summed E-state index contributed by atoms with van der Waals surface area (Å²) >= 11 is 3.51. The molecule has 0 fully saturated rings. The number of hydrogen-bond acceptors (Lipinski definition) is 4. The summed E-state index contributed by atoms with van der Waals surface area (Å²) < 4.78 is 11.9. The van der Waals surface area contributed by atoms with Gasteiger partial charge in [-0.15, -0.1) is 0 Å². The quantitative estimate of drug-likeness (QED) is 0.510. The maximum absolute atomic E-state index is 11.5. The van der Waals surface area contributed by atoms with Crippen LogP contribution in [0.15, 0.2) is 33.4 Å². The molecule has 5 nitrogen and oxygen atoms in total. The fraction of sp³-hybridized carbons (Fsp3) is 0.214. The lowest BCUT2D eigenvalue weighted by atomic mass is 10.1. The summed E-state index contributed by atoms with van der Waals surface area (Å²) in [6, 6.07) is 5.54. The average Bonchev–Trinajstić information content (AvgIpc) is 2.89. The van der Waals surface area contributed by atoms with Gasteiger partial charge in [-0.1, -0.05) is 15.9 Å². The van der Waals surface area contributed by atoms with Crippen molar-refractivity contribution in [3.63, 3.8) is 0 Å². The Bertz CT molecular complexity index is 614. The van der Waals surface area contributed by atoms with Crippen molar-refractivity contribution in [2.75, 3.05) is 0 Å². The summed E-state index contributed by atoms with van der Waals surface area (Å²) in [4.78, 5) is 11.5. The molecular weight excluding hydrogens is 324 g/mol. The van der Waals surface area contributed by atoms with Crippen LogP contribution < -0.4 is 16.0 Å². The fourth-order valence-electron chi connectivity index (χ4n) is 1.86. The Labute approximate surface area is 125 Å². The lowest BCUT2D eigenvalue weighted by molar-refractivity contribution is 0.0922. The number of benzene rings is 1. The zero-order chi connectivity index (χ0) is 14.7. The number of rotatable bonds is 4. The Hall–Kier alpha value is -1.79. The molecule has 3 N–H and O–H groups in total. The molecule has 0 aliphatic carbocycles. The minimum absolute atomic E-state index is 0.165. The number of nitrogen functional groups attached to an aromatic ring is 1. The molecule has 2 aromatic rings. The highest BCUT2D eigenvalue weighted by Crippen LogP contribution is 2.27. The van der Waals surface area contributed by atoms with E-state index in [2.05, 4.69) is 15.9 Å². The molecular formula is C14H15BrN2O3. The highest BCUT2D eigenvalue weighted by molar-refractivity contribution is 9.10. The van der Waals surface area contributed by atoms with E-state index in [-0.39, 0.29) is 12.4 Å². The number of nitrogens with two attached hydrogens (primary N) is 1. The first-order chi connectivity index (χ1) is 9.52. The maximum Gasteiger partial charge on any atom is 0.301 e. The molecule has 0 aliphatic heterocycles. The molecule has 20 heavy (non-hydrogen) atoms. The normalized spacial score (nSPS) is 10.4. The lowest BCUT2D eigenvalue weighted by Crippen LogP contribution is -2.30. The van der Waals surface area contributed by atoms with Crippen LogP contribution in [-0.2, 0) is 6.61 Å². The molecule has 1 amide bonds. The van der Waals surface area contributed by atoms with Crippen LogP contribution in [0.5, 0.6) is 5.75 Å². The predicted molar refractivity (Wildman–Crippen MR) is 78.3 cm³/mol. The van der Waals surface area contributed by atoms with Gasteiger partial charge >= 0.3 is 5.91 Å². The number of hydrazine groups is 1. The molecule has 106 valence electrons. The molecule has 1 aromatic heterocycles. The van der Waals surface area contributed by atoms with Gasteiger partial charge < -0.3 is 9.15 Å². The monoisotopic (exact) mass is 338 g/mol. The molecule has 0 radical (unpaired) electrons. The Kier molecular flexibility index (Phi) is 4.46. The number of ether oxygens (including phenoxy) is 1. The maximum atomic E-state index is 11.5. The number of furan rings is 1. The number of carbonyl (C=O) groups excluding carboxylic acids is 1. The molecule has 0 saturated heterocycles. The molecule has 2 rings (SSSR count). The summed E-state index contributed by atoms with van der Waals surface area (Å²) in [6.07, 6.45) is 1.43. The van der Waals surface area contributed by atoms with Crippen molar-refractivity contribution >= 4 is 21.8 Å². The van der Waals surface area contributed by atoms with Gasteiger partial charge in [0.15, 0.2) is 5.76 Å². The van der Waals surface area contributed by atoms with Crippen LogP contribution in [0.4, 0.5) is 0 Å². The van der Waals surface area contributed by atoms with E-state index in [9.17, 15) is 4.79 Å². The molecule has 1 aromatic carbocycles. The molecule has 0 saturated carbocycles. The van der Waals surface area contributed by atoms with Gasteiger partial charge in [-0.25, -0.2) is 5.84 Å². The van der Waals surface area contributed by atoms with Crippen molar-refractivity contribution in [3.05, 3.63) is 51.4 Å². The fourth-order valence-corrected chi connectivity index (χ4v) is 2.09. The van der Waals surface area contributed by atoms with Crippen LogP contribution >= 0.6 is 15.9 Å². The third kappa shape index (κ3) is 3.02. The summed E-state index contributed by atoms with van der Waals surface area (Å²) in [6.45, 7) is 4.23. The highest BCUT2D eigenvalue weighted by atomic mass is 79.9. The summed E-state index contributed by atoms with van der Waals surface area (Å²) in [5.41, 5.74) is 4.86. The Morgan fingerprint density at radius 3 is 2.65 bits per heavy atom. The van der Waals surface area contributed by atoms with E-state index in [1.165, 1.54) is 6.26 Å². The number of carbonyl (C=O) groups is 1. The van der Waals surface area contributed by atoms with Crippen LogP contribution in [0.1, 0.15) is 27.2 Å². The Balaban J connectivity index is 2.13. The van der Waals surface area contributed by atoms with E-state index in [1.54, 1.807) is 6.07 Å². The largest absolute Gasteiger partial charge is 0.489 e. The van der Waals surface area contributed by atoms with Gasteiger partial charge in [0.05, 0.1) is 6.26 Å². The topological polar surface area (TPSA) is 77.5 Å². The van der Waals surface area contributed by atoms with Crippen LogP contribution in [0.3, 0.4) is 0 Å². The van der Waals surface area contributed by atoms with Crippen molar-refractivity contribution in [3.8, 4) is 5.75 Å². The highest BCUT2D eigenvalue weighted by Gasteiger charge is 2.14. The number of aryl methyl sites for hydroxylation is 2. The van der Waals surface area contributed by atoms with Crippen LogP contribution in [-0.4, -0.2) is 5.91 Å². The zero-order valence-electron chi connectivity index (χ0n) is 11.2. The van der Waals surface area contributed by atoms with E-state index in [1.807, 2.05) is 31.4 Å². The Morgan fingerprint density at radius 2 is 2.05 bits per heavy atom. The van der Waals surface area contributed by atoms with Gasteiger partial charge in [-0.3, -0.25) is 10.2 Å². The average molecular weight is 339 g/mol. The Morgan fingerprint density at radius 1 is 1.40 bits per heavy atom. The van der Waals surface area contributed by atoms with E-state index >= 15 is 0 Å². The molecule has 1 heterocycles. The van der Waals surface area contributed by atoms with Gasteiger partial charge in [-0.2, -0.15) is 0 Å². The van der Waals surface area contributed by atoms with Crippen molar-refractivity contribution in [2.24, 2.45) is 5.84 Å². The summed E-state index contributed by atoms with van der Waals surface area (Å²) in [5.74, 6) is 5.52. The number of amides is 1. The van der Waals surface area contributed by atoms with Crippen LogP contribution in [0, 0.1) is 13.8 Å². The van der Waals surface area contributed by atoms with Gasteiger partial charge in [-0.05, 0) is 43.2 Å². The number of hydrogen-bond donors (Lipinski definition) is 2. The van der Waals surface area contributed by atoms with Crippen molar-refractivity contribution in [1.82, 2.24) is 5.43 Å². The molecule has 6 heteroatoms. The zero-order valence-corrected chi connectivity index (χ0v) is 12.8.